The molecule has 0 spiro atoms. The second-order valence-electron chi connectivity index (χ2n) is 4.66. The van der Waals surface area contributed by atoms with E-state index in [1.54, 1.807) is 6.20 Å². The summed E-state index contributed by atoms with van der Waals surface area (Å²) in [7, 11) is 0. The Morgan fingerprint density at radius 2 is 1.95 bits per heavy atom. The third kappa shape index (κ3) is 4.96. The SMILES string of the molecule is NC(=S)c1ccc(CC(=O)NCCc2ccccn2)cc1. The minimum absolute atomic E-state index is 0.00555. The number of nitrogens with one attached hydrogen (secondary N) is 1. The summed E-state index contributed by atoms with van der Waals surface area (Å²) in [5, 5.41) is 2.89. The van der Waals surface area contributed by atoms with Gasteiger partial charge in [-0.3, -0.25) is 9.78 Å². The Labute approximate surface area is 129 Å². The third-order valence-corrected chi connectivity index (χ3v) is 3.27. The van der Waals surface area contributed by atoms with Crippen molar-refractivity contribution in [3.63, 3.8) is 0 Å². The van der Waals surface area contributed by atoms with Crippen molar-refractivity contribution in [2.45, 2.75) is 12.8 Å². The van der Waals surface area contributed by atoms with Crippen LogP contribution in [-0.2, 0) is 17.6 Å². The van der Waals surface area contributed by atoms with Crippen LogP contribution in [0.3, 0.4) is 0 Å². The van der Waals surface area contributed by atoms with E-state index in [0.717, 1.165) is 23.2 Å². The highest BCUT2D eigenvalue weighted by atomic mass is 32.1. The number of benzene rings is 1. The van der Waals surface area contributed by atoms with Crippen LogP contribution in [0.2, 0.25) is 0 Å². The number of carbonyl (C=O) groups excluding carboxylic acids is 1. The van der Waals surface area contributed by atoms with Gasteiger partial charge >= 0.3 is 0 Å². The average Bonchev–Trinajstić information content (AvgIpc) is 2.49. The summed E-state index contributed by atoms with van der Waals surface area (Å²) < 4.78 is 0. The van der Waals surface area contributed by atoms with E-state index in [1.165, 1.54) is 0 Å². The Balaban J connectivity index is 1.78. The predicted octanol–water partition coefficient (Wildman–Crippen LogP) is 1.62. The van der Waals surface area contributed by atoms with Gasteiger partial charge in [0, 0.05) is 30.4 Å². The first kappa shape index (κ1) is 15.1. The van der Waals surface area contributed by atoms with E-state index in [1.807, 2.05) is 42.5 Å². The molecule has 3 N–H and O–H groups in total. The van der Waals surface area contributed by atoms with Gasteiger partial charge in [-0.25, -0.2) is 0 Å². The third-order valence-electron chi connectivity index (χ3n) is 3.03. The van der Waals surface area contributed by atoms with Gasteiger partial charge < -0.3 is 11.1 Å². The molecule has 0 unspecified atom stereocenters. The van der Waals surface area contributed by atoms with Crippen molar-refractivity contribution in [1.82, 2.24) is 10.3 Å². The molecule has 0 saturated carbocycles. The van der Waals surface area contributed by atoms with E-state index in [9.17, 15) is 4.79 Å². The van der Waals surface area contributed by atoms with E-state index in [-0.39, 0.29) is 5.91 Å². The fourth-order valence-electron chi connectivity index (χ4n) is 1.91. The zero-order valence-corrected chi connectivity index (χ0v) is 12.4. The molecule has 0 atom stereocenters. The summed E-state index contributed by atoms with van der Waals surface area (Å²) in [6.07, 6.45) is 2.83. The Kier molecular flexibility index (Phi) is 5.40. The molecule has 2 rings (SSSR count). The van der Waals surface area contributed by atoms with Gasteiger partial charge in [0.2, 0.25) is 5.91 Å². The molecule has 0 fully saturated rings. The van der Waals surface area contributed by atoms with Gasteiger partial charge in [-0.2, -0.15) is 0 Å². The number of nitrogens with two attached hydrogens (primary N) is 1. The van der Waals surface area contributed by atoms with Crippen LogP contribution in [0.5, 0.6) is 0 Å². The maximum Gasteiger partial charge on any atom is 0.224 e. The Morgan fingerprint density at radius 3 is 2.57 bits per heavy atom. The molecular formula is C16H17N3OS. The van der Waals surface area contributed by atoms with Crippen molar-refractivity contribution in [3.8, 4) is 0 Å². The maximum absolute atomic E-state index is 11.8. The second-order valence-corrected chi connectivity index (χ2v) is 5.10. The molecule has 108 valence electrons. The summed E-state index contributed by atoms with van der Waals surface area (Å²) in [6.45, 7) is 0.584. The largest absolute Gasteiger partial charge is 0.389 e. The highest BCUT2D eigenvalue weighted by Gasteiger charge is 2.04. The van der Waals surface area contributed by atoms with Crippen molar-refractivity contribution >= 4 is 23.1 Å². The van der Waals surface area contributed by atoms with Gasteiger partial charge in [0.05, 0.1) is 6.42 Å². The summed E-state index contributed by atoms with van der Waals surface area (Å²) in [4.78, 5) is 16.4. The number of carbonyl (C=O) groups is 1. The van der Waals surface area contributed by atoms with E-state index < -0.39 is 0 Å². The van der Waals surface area contributed by atoms with Crippen molar-refractivity contribution in [3.05, 3.63) is 65.5 Å². The van der Waals surface area contributed by atoms with Crippen LogP contribution in [-0.4, -0.2) is 22.4 Å². The zero-order valence-electron chi connectivity index (χ0n) is 11.6. The lowest BCUT2D eigenvalue weighted by Gasteiger charge is -2.06. The maximum atomic E-state index is 11.8. The molecule has 0 bridgehead atoms. The lowest BCUT2D eigenvalue weighted by Crippen LogP contribution is -2.27. The molecule has 4 nitrogen and oxygen atoms in total. The minimum Gasteiger partial charge on any atom is -0.389 e. The summed E-state index contributed by atoms with van der Waals surface area (Å²) in [5.74, 6) is -0.00555. The molecule has 0 saturated heterocycles. The molecule has 0 radical (unpaired) electrons. The van der Waals surface area contributed by atoms with Crippen molar-refractivity contribution in [2.75, 3.05) is 6.54 Å². The topological polar surface area (TPSA) is 68.0 Å². The molecule has 1 aromatic heterocycles. The van der Waals surface area contributed by atoms with Gasteiger partial charge in [-0.05, 0) is 17.7 Å². The standard InChI is InChI=1S/C16H17N3OS/c17-16(21)13-6-4-12(5-7-13)11-15(20)19-10-8-14-3-1-2-9-18-14/h1-7,9H,8,10-11H2,(H2,17,21)(H,19,20). The van der Waals surface area contributed by atoms with Crippen LogP contribution in [0.1, 0.15) is 16.8 Å². The summed E-state index contributed by atoms with van der Waals surface area (Å²) in [6, 6.07) is 13.2. The highest BCUT2D eigenvalue weighted by Crippen LogP contribution is 2.05. The van der Waals surface area contributed by atoms with Crippen molar-refractivity contribution in [2.24, 2.45) is 5.73 Å². The highest BCUT2D eigenvalue weighted by molar-refractivity contribution is 7.80. The fraction of sp³-hybridized carbons (Fsp3) is 0.188. The Hall–Kier alpha value is -2.27. The number of thiocarbonyl (C=S) groups is 1. The second kappa shape index (κ2) is 7.50. The van der Waals surface area contributed by atoms with Crippen LogP contribution in [0.25, 0.3) is 0 Å². The molecule has 21 heavy (non-hydrogen) atoms. The van der Waals surface area contributed by atoms with Crippen LogP contribution >= 0.6 is 12.2 Å². The quantitative estimate of drug-likeness (QED) is 0.795. The smallest absolute Gasteiger partial charge is 0.224 e. The Bertz CT molecular complexity index is 611. The summed E-state index contributed by atoms with van der Waals surface area (Å²) >= 11 is 4.89. The number of amides is 1. The number of aromatic nitrogens is 1. The first-order valence-corrected chi connectivity index (χ1v) is 7.11. The normalized spacial score (nSPS) is 10.1. The van der Waals surface area contributed by atoms with Crippen LogP contribution in [0.4, 0.5) is 0 Å². The van der Waals surface area contributed by atoms with E-state index in [0.29, 0.717) is 18.0 Å². The first-order chi connectivity index (χ1) is 10.1. The molecule has 0 aliphatic carbocycles. The van der Waals surface area contributed by atoms with E-state index in [4.69, 9.17) is 18.0 Å². The molecule has 1 heterocycles. The Morgan fingerprint density at radius 1 is 1.19 bits per heavy atom. The van der Waals surface area contributed by atoms with Gasteiger partial charge in [0.1, 0.15) is 4.99 Å². The van der Waals surface area contributed by atoms with Crippen LogP contribution < -0.4 is 11.1 Å². The molecule has 1 aromatic carbocycles. The number of pyridine rings is 1. The van der Waals surface area contributed by atoms with Gasteiger partial charge in [-0.1, -0.05) is 42.5 Å². The number of hydrogen-bond donors (Lipinski definition) is 2. The number of hydrogen-bond acceptors (Lipinski definition) is 3. The lowest BCUT2D eigenvalue weighted by molar-refractivity contribution is -0.120. The van der Waals surface area contributed by atoms with Crippen molar-refractivity contribution in [1.29, 1.82) is 0 Å². The molecule has 0 aliphatic heterocycles. The van der Waals surface area contributed by atoms with Crippen LogP contribution in [0, 0.1) is 0 Å². The van der Waals surface area contributed by atoms with Crippen LogP contribution in [0.15, 0.2) is 48.7 Å². The van der Waals surface area contributed by atoms with E-state index in [2.05, 4.69) is 10.3 Å². The summed E-state index contributed by atoms with van der Waals surface area (Å²) in [5.41, 5.74) is 8.25. The van der Waals surface area contributed by atoms with Gasteiger partial charge in [0.15, 0.2) is 0 Å². The first-order valence-electron chi connectivity index (χ1n) is 6.70. The molecular weight excluding hydrogens is 282 g/mol. The van der Waals surface area contributed by atoms with E-state index >= 15 is 0 Å². The predicted molar refractivity (Wildman–Crippen MR) is 87.0 cm³/mol. The average molecular weight is 299 g/mol. The lowest BCUT2D eigenvalue weighted by atomic mass is 10.1. The van der Waals surface area contributed by atoms with Gasteiger partial charge in [0.25, 0.3) is 0 Å². The monoisotopic (exact) mass is 299 g/mol. The molecule has 1 amide bonds. The molecule has 0 aliphatic rings. The van der Waals surface area contributed by atoms with Gasteiger partial charge in [-0.15, -0.1) is 0 Å². The molecule has 5 heteroatoms. The zero-order chi connectivity index (χ0) is 15.1. The number of rotatable bonds is 6. The minimum atomic E-state index is -0.00555. The van der Waals surface area contributed by atoms with Crippen molar-refractivity contribution < 1.29 is 4.79 Å². The fourth-order valence-corrected chi connectivity index (χ4v) is 2.05. The molecule has 2 aromatic rings. The number of nitrogens with zero attached hydrogens (tertiary/aromatic N) is 1.